The van der Waals surface area contributed by atoms with Gasteiger partial charge in [-0.1, -0.05) is 12.1 Å². The number of anilines is 1. The summed E-state index contributed by atoms with van der Waals surface area (Å²) in [6.45, 7) is 1.93. The van der Waals surface area contributed by atoms with Crippen molar-refractivity contribution in [2.24, 2.45) is 0 Å². The third-order valence-corrected chi connectivity index (χ3v) is 6.74. The number of rotatable bonds is 4. The number of hydrogen-bond donors (Lipinski definition) is 1. The van der Waals surface area contributed by atoms with E-state index in [4.69, 9.17) is 4.42 Å². The summed E-state index contributed by atoms with van der Waals surface area (Å²) in [5.74, 6) is -3.24. The van der Waals surface area contributed by atoms with Gasteiger partial charge >= 0.3 is 0 Å². The smallest absolute Gasteiger partial charge is 0.182 e. The van der Waals surface area contributed by atoms with Gasteiger partial charge in [0.15, 0.2) is 23.0 Å². The molecule has 0 radical (unpaired) electrons. The first-order valence-electron chi connectivity index (χ1n) is 11.9. The first-order valence-corrected chi connectivity index (χ1v) is 11.9. The molecule has 3 aromatic heterocycles. The largest absolute Gasteiger partial charge is 0.463 e. The molecule has 0 saturated carbocycles. The van der Waals surface area contributed by atoms with E-state index < -0.39 is 23.0 Å². The molecule has 37 heavy (non-hydrogen) atoms. The van der Waals surface area contributed by atoms with Crippen molar-refractivity contribution in [2.75, 3.05) is 18.0 Å². The summed E-state index contributed by atoms with van der Waals surface area (Å²) >= 11 is 0. The Hall–Kier alpha value is -4.58. The van der Waals surface area contributed by atoms with Crippen LogP contribution in [-0.2, 0) is 0 Å². The van der Waals surface area contributed by atoms with Gasteiger partial charge in [0.05, 0.1) is 28.5 Å². The Bertz CT molecular complexity index is 1650. The summed E-state index contributed by atoms with van der Waals surface area (Å²) in [5.41, 5.74) is 1.48. The van der Waals surface area contributed by atoms with Gasteiger partial charge in [0.1, 0.15) is 17.6 Å². The predicted octanol–water partition coefficient (Wildman–Crippen LogP) is 6.83. The van der Waals surface area contributed by atoms with Crippen molar-refractivity contribution in [1.29, 1.82) is 5.26 Å². The van der Waals surface area contributed by atoms with Crippen LogP contribution in [0.3, 0.4) is 0 Å². The van der Waals surface area contributed by atoms with E-state index in [0.717, 1.165) is 37.7 Å². The van der Waals surface area contributed by atoms with E-state index in [1.807, 2.05) is 24.3 Å². The molecule has 2 aromatic carbocycles. The highest BCUT2D eigenvalue weighted by atomic mass is 19.2. The standard InChI is InChI=1S/C28H20F3N5O/c29-19-10-11-20(30)25(31)23(19)26-18(15-32)22(16-6-8-17(9-7-16)36-12-2-1-3-13-36)24-27(21-5-4-14-37-21)34-35-28(24)33-26/h4-11,14H,1-3,12-13H2,(H,33,34,35). The molecule has 0 spiro atoms. The SMILES string of the molecule is N#Cc1c(-c2c(F)ccc(F)c2F)nc2n[nH]c(-c3ccco3)c2c1-c1ccc(N2CCCCC2)cc1. The lowest BCUT2D eigenvalue weighted by atomic mass is 9.92. The highest BCUT2D eigenvalue weighted by Crippen LogP contribution is 2.42. The number of nitrogens with zero attached hydrogens (tertiary/aromatic N) is 4. The van der Waals surface area contributed by atoms with Gasteiger partial charge in [0.2, 0.25) is 0 Å². The van der Waals surface area contributed by atoms with Crippen LogP contribution >= 0.6 is 0 Å². The molecule has 5 aromatic rings. The number of aromatic amines is 1. The summed E-state index contributed by atoms with van der Waals surface area (Å²) in [7, 11) is 0. The number of pyridine rings is 1. The molecule has 0 unspecified atom stereocenters. The van der Waals surface area contributed by atoms with Gasteiger partial charge in [-0.15, -0.1) is 0 Å². The highest BCUT2D eigenvalue weighted by Gasteiger charge is 2.27. The predicted molar refractivity (Wildman–Crippen MR) is 133 cm³/mol. The number of H-pyrrole nitrogens is 1. The van der Waals surface area contributed by atoms with Gasteiger partial charge in [0, 0.05) is 24.3 Å². The molecule has 0 amide bonds. The first kappa shape index (κ1) is 22.9. The zero-order chi connectivity index (χ0) is 25.5. The second-order valence-electron chi connectivity index (χ2n) is 8.91. The molecule has 4 heterocycles. The van der Waals surface area contributed by atoms with Gasteiger partial charge in [0.25, 0.3) is 0 Å². The summed E-state index contributed by atoms with van der Waals surface area (Å²) in [5, 5.41) is 17.8. The van der Waals surface area contributed by atoms with Crippen LogP contribution in [0.15, 0.2) is 59.2 Å². The fourth-order valence-electron chi connectivity index (χ4n) is 4.97. The van der Waals surface area contributed by atoms with Gasteiger partial charge in [-0.25, -0.2) is 18.2 Å². The van der Waals surface area contributed by atoms with E-state index in [1.165, 1.54) is 12.7 Å². The molecule has 6 rings (SSSR count). The minimum atomic E-state index is -1.42. The molecule has 6 nitrogen and oxygen atoms in total. The number of piperidine rings is 1. The number of halogens is 3. The van der Waals surface area contributed by atoms with Crippen molar-refractivity contribution < 1.29 is 17.6 Å². The minimum Gasteiger partial charge on any atom is -0.463 e. The number of nitrogens with one attached hydrogen (secondary N) is 1. The Morgan fingerprint density at radius 2 is 1.68 bits per heavy atom. The maximum Gasteiger partial charge on any atom is 0.182 e. The van der Waals surface area contributed by atoms with Crippen LogP contribution in [0.5, 0.6) is 0 Å². The number of hydrogen-bond acceptors (Lipinski definition) is 5. The van der Waals surface area contributed by atoms with Crippen LogP contribution in [0.25, 0.3) is 44.9 Å². The zero-order valence-electron chi connectivity index (χ0n) is 19.6. The molecule has 1 saturated heterocycles. The summed E-state index contributed by atoms with van der Waals surface area (Å²) in [4.78, 5) is 6.63. The molecule has 0 atom stereocenters. The maximum absolute atomic E-state index is 14.9. The van der Waals surface area contributed by atoms with Crippen LogP contribution in [0.2, 0.25) is 0 Å². The number of fused-ring (bicyclic) bond motifs is 1. The lowest BCUT2D eigenvalue weighted by Crippen LogP contribution is -2.29. The van der Waals surface area contributed by atoms with E-state index in [-0.39, 0.29) is 16.9 Å². The van der Waals surface area contributed by atoms with Gasteiger partial charge < -0.3 is 9.32 Å². The second-order valence-corrected chi connectivity index (χ2v) is 8.91. The highest BCUT2D eigenvalue weighted by molar-refractivity contribution is 6.06. The van der Waals surface area contributed by atoms with Crippen molar-refractivity contribution in [1.82, 2.24) is 15.2 Å². The van der Waals surface area contributed by atoms with Crippen LogP contribution in [-0.4, -0.2) is 28.3 Å². The molecule has 9 heteroatoms. The summed E-state index contributed by atoms with van der Waals surface area (Å²) < 4.78 is 49.4. The van der Waals surface area contributed by atoms with Gasteiger partial charge in [-0.3, -0.25) is 5.10 Å². The Morgan fingerprint density at radius 3 is 2.38 bits per heavy atom. The van der Waals surface area contributed by atoms with Crippen LogP contribution in [0.4, 0.5) is 18.9 Å². The second kappa shape index (κ2) is 9.13. The van der Waals surface area contributed by atoms with Crippen LogP contribution in [0.1, 0.15) is 24.8 Å². The molecule has 1 aliphatic heterocycles. The number of aromatic nitrogens is 3. The van der Waals surface area contributed by atoms with Crippen molar-refractivity contribution >= 4 is 16.7 Å². The fourth-order valence-corrected chi connectivity index (χ4v) is 4.97. The Kier molecular flexibility index (Phi) is 5.64. The lowest BCUT2D eigenvalue weighted by Gasteiger charge is -2.29. The summed E-state index contributed by atoms with van der Waals surface area (Å²) in [6.07, 6.45) is 4.96. The lowest BCUT2D eigenvalue weighted by molar-refractivity contribution is 0.498. The van der Waals surface area contributed by atoms with E-state index >= 15 is 0 Å². The van der Waals surface area contributed by atoms with Gasteiger partial charge in [-0.05, 0) is 61.2 Å². The quantitative estimate of drug-likeness (QED) is 0.274. The Labute approximate surface area is 210 Å². The first-order chi connectivity index (χ1) is 18.1. The van der Waals surface area contributed by atoms with E-state index in [9.17, 15) is 18.4 Å². The topological polar surface area (TPSA) is 81.7 Å². The number of nitriles is 1. The maximum atomic E-state index is 14.9. The number of benzene rings is 2. The fraction of sp³-hybridized carbons (Fsp3) is 0.179. The molecular formula is C28H20F3N5O. The van der Waals surface area contributed by atoms with E-state index in [0.29, 0.717) is 34.0 Å². The average molecular weight is 499 g/mol. The van der Waals surface area contributed by atoms with E-state index in [2.05, 4.69) is 26.2 Å². The van der Waals surface area contributed by atoms with Crippen molar-refractivity contribution in [3.05, 3.63) is 77.8 Å². The summed E-state index contributed by atoms with van der Waals surface area (Å²) in [6, 6.07) is 14.7. The minimum absolute atomic E-state index is 0.101. The average Bonchev–Trinajstić information content (AvgIpc) is 3.61. The van der Waals surface area contributed by atoms with Gasteiger partial charge in [-0.2, -0.15) is 10.4 Å². The van der Waals surface area contributed by atoms with Crippen LogP contribution in [0, 0.1) is 28.8 Å². The van der Waals surface area contributed by atoms with Crippen LogP contribution < -0.4 is 4.90 Å². The molecule has 1 aliphatic rings. The van der Waals surface area contributed by atoms with Crippen molar-refractivity contribution in [3.8, 4) is 39.9 Å². The normalized spacial score (nSPS) is 13.7. The molecule has 0 bridgehead atoms. The monoisotopic (exact) mass is 499 g/mol. The molecule has 1 N–H and O–H groups in total. The third kappa shape index (κ3) is 3.82. The Morgan fingerprint density at radius 1 is 0.919 bits per heavy atom. The third-order valence-electron chi connectivity index (χ3n) is 6.74. The molecule has 0 aliphatic carbocycles. The number of furan rings is 1. The van der Waals surface area contributed by atoms with Crippen molar-refractivity contribution in [2.45, 2.75) is 19.3 Å². The van der Waals surface area contributed by atoms with E-state index in [1.54, 1.807) is 12.1 Å². The molecule has 1 fully saturated rings. The van der Waals surface area contributed by atoms with Crippen molar-refractivity contribution in [3.63, 3.8) is 0 Å². The zero-order valence-corrected chi connectivity index (χ0v) is 19.6. The molecular weight excluding hydrogens is 479 g/mol. The molecule has 184 valence electrons. The Balaban J connectivity index is 1.63.